The predicted octanol–water partition coefficient (Wildman–Crippen LogP) is 3.62. The molecule has 0 aromatic heterocycles. The van der Waals surface area contributed by atoms with E-state index in [1.807, 2.05) is 0 Å². The average Bonchev–Trinajstić information content (AvgIpc) is 2.75. The molecule has 0 unspecified atom stereocenters. The maximum atomic E-state index is 15.0. The van der Waals surface area contributed by atoms with Gasteiger partial charge in [0.25, 0.3) is 11.8 Å². The van der Waals surface area contributed by atoms with Crippen LogP contribution in [0.1, 0.15) is 39.1 Å². The summed E-state index contributed by atoms with van der Waals surface area (Å²) in [7, 11) is 0. The number of hydrogen-bond acceptors (Lipinski definition) is 4. The van der Waals surface area contributed by atoms with Crippen LogP contribution in [-0.4, -0.2) is 47.3 Å². The first-order chi connectivity index (χ1) is 14.6. The van der Waals surface area contributed by atoms with Crippen LogP contribution in [0.5, 0.6) is 0 Å². The molecule has 2 aromatic carbocycles. The van der Waals surface area contributed by atoms with Crippen molar-refractivity contribution >= 4 is 35.4 Å². The van der Waals surface area contributed by atoms with Crippen LogP contribution in [0, 0.1) is 5.82 Å². The third-order valence-corrected chi connectivity index (χ3v) is 5.30. The summed E-state index contributed by atoms with van der Waals surface area (Å²) in [6.07, 6.45) is 0.0214. The molecule has 0 radical (unpaired) electrons. The molecule has 6 nitrogen and oxygen atoms in total. The first-order valence-corrected chi connectivity index (χ1v) is 9.72. The van der Waals surface area contributed by atoms with Gasteiger partial charge in [-0.05, 0) is 49.2 Å². The number of hydrogen-bond donors (Lipinski definition) is 2. The number of aliphatic hydroxyl groups excluding tert-OH is 1. The number of piperidine rings is 1. The van der Waals surface area contributed by atoms with Crippen molar-refractivity contribution in [3.63, 3.8) is 0 Å². The number of likely N-dealkylation sites (tertiary alicyclic amines) is 1. The summed E-state index contributed by atoms with van der Waals surface area (Å²) in [4.78, 5) is 36.7. The summed E-state index contributed by atoms with van der Waals surface area (Å²) in [5.74, 6) is -7.04. The van der Waals surface area contributed by atoms with Gasteiger partial charge in [0, 0.05) is 24.3 Å². The molecular weight excluding hydrogens is 437 g/mol. The molecule has 164 valence electrons. The van der Waals surface area contributed by atoms with E-state index in [2.05, 4.69) is 5.32 Å². The minimum absolute atomic E-state index is 0.0168. The fraction of sp³-hybridized carbons (Fsp3) is 0.286. The van der Waals surface area contributed by atoms with E-state index in [4.69, 9.17) is 11.6 Å². The molecule has 1 aliphatic heterocycles. The van der Waals surface area contributed by atoms with Crippen molar-refractivity contribution < 1.29 is 32.7 Å². The minimum atomic E-state index is -3.99. The van der Waals surface area contributed by atoms with Gasteiger partial charge in [0.05, 0.1) is 22.3 Å². The largest absolute Gasteiger partial charge is 0.393 e. The van der Waals surface area contributed by atoms with Crippen LogP contribution in [0.2, 0.25) is 5.02 Å². The number of anilines is 1. The fourth-order valence-electron chi connectivity index (χ4n) is 3.20. The Labute approximate surface area is 180 Å². The molecule has 0 aliphatic carbocycles. The molecule has 31 heavy (non-hydrogen) atoms. The van der Waals surface area contributed by atoms with Gasteiger partial charge in [0.2, 0.25) is 0 Å². The van der Waals surface area contributed by atoms with Crippen LogP contribution in [-0.2, 0) is 10.7 Å². The van der Waals surface area contributed by atoms with Crippen LogP contribution >= 0.6 is 11.6 Å². The zero-order valence-corrected chi connectivity index (χ0v) is 16.8. The highest BCUT2D eigenvalue weighted by Gasteiger charge is 2.46. The highest BCUT2D eigenvalue weighted by atomic mass is 35.5. The molecule has 3 rings (SSSR count). The number of aldehydes is 1. The quantitative estimate of drug-likeness (QED) is 0.676. The number of carbonyl (C=O) groups is 3. The molecule has 2 N–H and O–H groups in total. The van der Waals surface area contributed by atoms with Gasteiger partial charge in [-0.15, -0.1) is 0 Å². The second-order valence-electron chi connectivity index (χ2n) is 7.10. The van der Waals surface area contributed by atoms with Gasteiger partial charge in [0.15, 0.2) is 6.29 Å². The summed E-state index contributed by atoms with van der Waals surface area (Å²) >= 11 is 5.91. The lowest BCUT2D eigenvalue weighted by atomic mass is 10.0. The SMILES string of the molecule is O=Cc1cc(NC(=O)c2ccc(Cl)c(C(F)(F)C(=O)N3CCC(O)CC3)c2)ccc1F. The summed E-state index contributed by atoms with van der Waals surface area (Å²) in [5, 5.41) is 11.5. The van der Waals surface area contributed by atoms with Crippen molar-refractivity contribution in [2.45, 2.75) is 24.9 Å². The Morgan fingerprint density at radius 2 is 1.84 bits per heavy atom. The van der Waals surface area contributed by atoms with Crippen molar-refractivity contribution in [3.8, 4) is 0 Å². The number of alkyl halides is 2. The zero-order chi connectivity index (χ0) is 22.8. The normalized spacial score (nSPS) is 14.9. The van der Waals surface area contributed by atoms with Crippen molar-refractivity contribution in [2.24, 2.45) is 0 Å². The number of rotatable bonds is 5. The highest BCUT2D eigenvalue weighted by Crippen LogP contribution is 2.36. The lowest BCUT2D eigenvalue weighted by molar-refractivity contribution is -0.161. The maximum absolute atomic E-state index is 15.0. The Morgan fingerprint density at radius 1 is 1.16 bits per heavy atom. The molecule has 0 atom stereocenters. The molecule has 0 saturated carbocycles. The van der Waals surface area contributed by atoms with Gasteiger partial charge in [0.1, 0.15) is 5.82 Å². The summed E-state index contributed by atoms with van der Waals surface area (Å²) in [6, 6.07) is 6.38. The molecule has 2 amide bonds. The molecule has 0 bridgehead atoms. The number of amides is 2. The standard InChI is InChI=1S/C21H18ClF3N2O4/c22-17-3-1-12(19(30)26-14-2-4-18(23)13(9-14)11-28)10-16(17)21(24,25)20(31)27-7-5-15(29)6-8-27/h1-4,9-11,15,29H,5-8H2,(H,26,30). The fourth-order valence-corrected chi connectivity index (χ4v) is 3.44. The Kier molecular flexibility index (Phi) is 6.66. The van der Waals surface area contributed by atoms with Gasteiger partial charge in [-0.2, -0.15) is 8.78 Å². The highest BCUT2D eigenvalue weighted by molar-refractivity contribution is 6.32. The molecule has 1 fully saturated rings. The monoisotopic (exact) mass is 454 g/mol. The molecule has 1 heterocycles. The van der Waals surface area contributed by atoms with Crippen LogP contribution < -0.4 is 5.32 Å². The summed E-state index contributed by atoms with van der Waals surface area (Å²) in [5.41, 5.74) is -1.23. The number of carbonyl (C=O) groups excluding carboxylic acids is 3. The Balaban J connectivity index is 1.84. The minimum Gasteiger partial charge on any atom is -0.393 e. The second-order valence-corrected chi connectivity index (χ2v) is 7.51. The van der Waals surface area contributed by atoms with Gasteiger partial charge >= 0.3 is 5.92 Å². The van der Waals surface area contributed by atoms with E-state index in [0.29, 0.717) is 0 Å². The number of halogens is 4. The summed E-state index contributed by atoms with van der Waals surface area (Å²) < 4.78 is 43.3. The Morgan fingerprint density at radius 3 is 2.48 bits per heavy atom. The van der Waals surface area contributed by atoms with Crippen molar-refractivity contribution in [1.29, 1.82) is 0 Å². The number of nitrogens with zero attached hydrogens (tertiary/aromatic N) is 1. The molecule has 1 aliphatic rings. The van der Waals surface area contributed by atoms with Gasteiger partial charge in [-0.3, -0.25) is 14.4 Å². The van der Waals surface area contributed by atoms with Crippen molar-refractivity contribution in [1.82, 2.24) is 4.90 Å². The van der Waals surface area contributed by atoms with Crippen LogP contribution in [0.25, 0.3) is 0 Å². The van der Waals surface area contributed by atoms with E-state index in [9.17, 15) is 32.7 Å². The van der Waals surface area contributed by atoms with E-state index < -0.39 is 40.2 Å². The smallest absolute Gasteiger partial charge is 0.351 e. The zero-order valence-electron chi connectivity index (χ0n) is 16.1. The van der Waals surface area contributed by atoms with E-state index in [1.54, 1.807) is 0 Å². The van der Waals surface area contributed by atoms with E-state index in [1.165, 1.54) is 12.1 Å². The Bertz CT molecular complexity index is 1020. The van der Waals surface area contributed by atoms with E-state index in [0.717, 1.165) is 29.2 Å². The Hall–Kier alpha value is -2.91. The lowest BCUT2D eigenvalue weighted by Gasteiger charge is -2.32. The topological polar surface area (TPSA) is 86.7 Å². The number of aliphatic hydroxyl groups is 1. The van der Waals surface area contributed by atoms with E-state index in [-0.39, 0.29) is 49.0 Å². The van der Waals surface area contributed by atoms with Crippen LogP contribution in [0.15, 0.2) is 36.4 Å². The number of nitrogens with one attached hydrogen (secondary N) is 1. The predicted molar refractivity (Wildman–Crippen MR) is 107 cm³/mol. The number of benzene rings is 2. The van der Waals surface area contributed by atoms with Gasteiger partial charge < -0.3 is 15.3 Å². The van der Waals surface area contributed by atoms with Gasteiger partial charge in [-0.1, -0.05) is 11.6 Å². The third kappa shape index (κ3) is 4.88. The first-order valence-electron chi connectivity index (χ1n) is 9.35. The first kappa shape index (κ1) is 22.8. The average molecular weight is 455 g/mol. The molecule has 1 saturated heterocycles. The van der Waals surface area contributed by atoms with Crippen molar-refractivity contribution in [2.75, 3.05) is 18.4 Å². The molecule has 0 spiro atoms. The van der Waals surface area contributed by atoms with E-state index >= 15 is 0 Å². The lowest BCUT2D eigenvalue weighted by Crippen LogP contribution is -2.47. The van der Waals surface area contributed by atoms with Crippen molar-refractivity contribution in [3.05, 3.63) is 63.9 Å². The molecular formula is C21H18ClF3N2O4. The summed E-state index contributed by atoms with van der Waals surface area (Å²) in [6.45, 7) is -0.0337. The second kappa shape index (κ2) is 9.07. The molecule has 10 heteroatoms. The maximum Gasteiger partial charge on any atom is 0.351 e. The van der Waals surface area contributed by atoms with Crippen LogP contribution in [0.4, 0.5) is 18.9 Å². The van der Waals surface area contributed by atoms with Gasteiger partial charge in [-0.25, -0.2) is 4.39 Å². The third-order valence-electron chi connectivity index (χ3n) is 4.97. The molecule has 2 aromatic rings. The van der Waals surface area contributed by atoms with Crippen LogP contribution in [0.3, 0.4) is 0 Å².